The number of hydrogen-bond donors (Lipinski definition) is 1. The van der Waals surface area contributed by atoms with Crippen molar-refractivity contribution in [2.24, 2.45) is 0 Å². The summed E-state index contributed by atoms with van der Waals surface area (Å²) in [4.78, 5) is 15.8. The van der Waals surface area contributed by atoms with E-state index in [1.807, 2.05) is 30.5 Å². The van der Waals surface area contributed by atoms with Crippen LogP contribution in [0.3, 0.4) is 0 Å². The van der Waals surface area contributed by atoms with Crippen LogP contribution in [0, 0.1) is 0 Å². The highest BCUT2D eigenvalue weighted by molar-refractivity contribution is 5.88. The van der Waals surface area contributed by atoms with E-state index in [2.05, 4.69) is 25.0 Å². The minimum atomic E-state index is 0.771. The molecule has 6 heteroatoms. The van der Waals surface area contributed by atoms with E-state index in [0.29, 0.717) is 0 Å². The van der Waals surface area contributed by atoms with Gasteiger partial charge in [0, 0.05) is 29.7 Å². The molecule has 0 amide bonds. The van der Waals surface area contributed by atoms with Crippen LogP contribution < -0.4 is 0 Å². The summed E-state index contributed by atoms with van der Waals surface area (Å²) in [5.41, 5.74) is 3.59. The van der Waals surface area contributed by atoms with Gasteiger partial charge in [0.25, 0.3) is 0 Å². The van der Waals surface area contributed by atoms with E-state index in [0.717, 1.165) is 28.1 Å². The van der Waals surface area contributed by atoms with Gasteiger partial charge in [0.2, 0.25) is 0 Å². The molecule has 4 heterocycles. The molecular weight excluding hydrogens is 252 g/mol. The van der Waals surface area contributed by atoms with E-state index in [4.69, 9.17) is 0 Å². The highest BCUT2D eigenvalue weighted by Crippen LogP contribution is 2.25. The van der Waals surface area contributed by atoms with E-state index in [1.165, 1.54) is 0 Å². The Morgan fingerprint density at radius 1 is 1.00 bits per heavy atom. The summed E-state index contributed by atoms with van der Waals surface area (Å²) in [5, 5.41) is 4.35. The molecule has 6 nitrogen and oxygen atoms in total. The van der Waals surface area contributed by atoms with E-state index < -0.39 is 0 Å². The summed E-state index contributed by atoms with van der Waals surface area (Å²) >= 11 is 0. The standard InChI is InChI=1S/C14H10N6/c1-2-5-15-12(3-1)20-8-10(7-19-20)11-4-6-16-14-13(11)17-9-18-14/h1-9H,(H,16,17,18). The summed E-state index contributed by atoms with van der Waals surface area (Å²) in [6, 6.07) is 7.66. The van der Waals surface area contributed by atoms with Crippen LogP contribution >= 0.6 is 0 Å². The SMILES string of the molecule is c1ccc(-n2cc(-c3ccnc4[nH]cnc34)cn2)nc1. The van der Waals surface area contributed by atoms with Crippen LogP contribution in [-0.4, -0.2) is 29.7 Å². The number of fused-ring (bicyclic) bond motifs is 1. The molecule has 20 heavy (non-hydrogen) atoms. The van der Waals surface area contributed by atoms with Gasteiger partial charge in [0.15, 0.2) is 11.5 Å². The number of aromatic nitrogens is 6. The highest BCUT2D eigenvalue weighted by Gasteiger charge is 2.09. The molecular formula is C14H10N6. The molecule has 0 radical (unpaired) electrons. The minimum absolute atomic E-state index is 0.771. The Morgan fingerprint density at radius 3 is 2.90 bits per heavy atom. The second-order valence-electron chi connectivity index (χ2n) is 4.32. The summed E-state index contributed by atoms with van der Waals surface area (Å²) < 4.78 is 1.74. The van der Waals surface area contributed by atoms with Crippen molar-refractivity contribution in [3.8, 4) is 16.9 Å². The molecule has 0 aliphatic heterocycles. The monoisotopic (exact) mass is 262 g/mol. The lowest BCUT2D eigenvalue weighted by Crippen LogP contribution is -1.95. The molecule has 0 bridgehead atoms. The van der Waals surface area contributed by atoms with Gasteiger partial charge in [0.05, 0.1) is 12.5 Å². The van der Waals surface area contributed by atoms with Crippen LogP contribution in [0.1, 0.15) is 0 Å². The normalized spacial score (nSPS) is 11.0. The van der Waals surface area contributed by atoms with Gasteiger partial charge < -0.3 is 4.98 Å². The predicted octanol–water partition coefficient (Wildman–Crippen LogP) is 2.21. The van der Waals surface area contributed by atoms with Crippen LogP contribution in [0.2, 0.25) is 0 Å². The molecule has 4 aromatic heterocycles. The van der Waals surface area contributed by atoms with Crippen LogP contribution in [-0.2, 0) is 0 Å². The third-order valence-corrected chi connectivity index (χ3v) is 3.10. The first-order valence-corrected chi connectivity index (χ1v) is 6.16. The summed E-state index contributed by atoms with van der Waals surface area (Å²) in [6.07, 6.45) is 8.89. The summed E-state index contributed by atoms with van der Waals surface area (Å²) in [7, 11) is 0. The van der Waals surface area contributed by atoms with Crippen molar-refractivity contribution in [1.82, 2.24) is 29.7 Å². The zero-order valence-corrected chi connectivity index (χ0v) is 10.4. The van der Waals surface area contributed by atoms with E-state index >= 15 is 0 Å². The van der Waals surface area contributed by atoms with E-state index in [-0.39, 0.29) is 0 Å². The highest BCUT2D eigenvalue weighted by atomic mass is 15.3. The topological polar surface area (TPSA) is 72.3 Å². The van der Waals surface area contributed by atoms with Crippen molar-refractivity contribution in [1.29, 1.82) is 0 Å². The molecule has 96 valence electrons. The molecule has 0 aliphatic rings. The van der Waals surface area contributed by atoms with Crippen molar-refractivity contribution < 1.29 is 0 Å². The Labute approximate surface area is 114 Å². The van der Waals surface area contributed by atoms with Gasteiger partial charge in [-0.1, -0.05) is 6.07 Å². The van der Waals surface area contributed by atoms with Crippen LogP contribution in [0.5, 0.6) is 0 Å². The molecule has 1 N–H and O–H groups in total. The first-order chi connectivity index (χ1) is 9.92. The molecule has 4 rings (SSSR count). The van der Waals surface area contributed by atoms with Gasteiger partial charge in [0.1, 0.15) is 5.52 Å². The molecule has 0 unspecified atom stereocenters. The number of aromatic amines is 1. The number of pyridine rings is 2. The minimum Gasteiger partial charge on any atom is -0.329 e. The molecule has 0 atom stereocenters. The fourth-order valence-electron chi connectivity index (χ4n) is 2.16. The second-order valence-corrected chi connectivity index (χ2v) is 4.32. The second kappa shape index (κ2) is 4.27. The molecule has 0 saturated heterocycles. The number of rotatable bonds is 2. The third kappa shape index (κ3) is 1.66. The maximum absolute atomic E-state index is 4.35. The molecule has 4 aromatic rings. The lowest BCUT2D eigenvalue weighted by molar-refractivity contribution is 0.847. The molecule has 0 aliphatic carbocycles. The van der Waals surface area contributed by atoms with E-state index in [1.54, 1.807) is 29.6 Å². The van der Waals surface area contributed by atoms with Crippen molar-refractivity contribution in [3.63, 3.8) is 0 Å². The van der Waals surface area contributed by atoms with Gasteiger partial charge in [-0.25, -0.2) is 19.6 Å². The Balaban J connectivity index is 1.84. The lowest BCUT2D eigenvalue weighted by Gasteiger charge is -1.99. The number of hydrogen-bond acceptors (Lipinski definition) is 4. The Hall–Kier alpha value is -3.02. The van der Waals surface area contributed by atoms with Gasteiger partial charge in [-0.2, -0.15) is 5.10 Å². The molecule has 0 aromatic carbocycles. The molecule has 0 saturated carbocycles. The fraction of sp³-hybridized carbons (Fsp3) is 0. The van der Waals surface area contributed by atoms with Crippen LogP contribution in [0.4, 0.5) is 0 Å². The Bertz CT molecular complexity index is 861. The zero-order chi connectivity index (χ0) is 13.4. The first kappa shape index (κ1) is 10.9. The zero-order valence-electron chi connectivity index (χ0n) is 10.4. The summed E-state index contributed by atoms with van der Waals surface area (Å²) in [6.45, 7) is 0. The van der Waals surface area contributed by atoms with Crippen molar-refractivity contribution in [3.05, 3.63) is 55.4 Å². The average molecular weight is 262 g/mol. The van der Waals surface area contributed by atoms with Crippen molar-refractivity contribution in [2.75, 3.05) is 0 Å². The van der Waals surface area contributed by atoms with Crippen molar-refractivity contribution in [2.45, 2.75) is 0 Å². The average Bonchev–Trinajstić information content (AvgIpc) is 3.17. The molecule has 0 fully saturated rings. The van der Waals surface area contributed by atoms with Crippen molar-refractivity contribution >= 4 is 11.2 Å². The quantitative estimate of drug-likeness (QED) is 0.601. The molecule has 0 spiro atoms. The number of nitrogens with zero attached hydrogens (tertiary/aromatic N) is 5. The Morgan fingerprint density at radius 2 is 2.00 bits per heavy atom. The number of nitrogens with one attached hydrogen (secondary N) is 1. The largest absolute Gasteiger partial charge is 0.329 e. The van der Waals surface area contributed by atoms with Gasteiger partial charge in [-0.15, -0.1) is 0 Å². The van der Waals surface area contributed by atoms with Crippen LogP contribution in [0.25, 0.3) is 28.1 Å². The number of H-pyrrole nitrogens is 1. The lowest BCUT2D eigenvalue weighted by atomic mass is 10.1. The van der Waals surface area contributed by atoms with Gasteiger partial charge >= 0.3 is 0 Å². The first-order valence-electron chi connectivity index (χ1n) is 6.16. The Kier molecular flexibility index (Phi) is 2.32. The maximum Gasteiger partial charge on any atom is 0.157 e. The third-order valence-electron chi connectivity index (χ3n) is 3.10. The van der Waals surface area contributed by atoms with Gasteiger partial charge in [-0.3, -0.25) is 0 Å². The smallest absolute Gasteiger partial charge is 0.157 e. The van der Waals surface area contributed by atoms with Crippen LogP contribution in [0.15, 0.2) is 55.4 Å². The maximum atomic E-state index is 4.35. The predicted molar refractivity (Wildman–Crippen MR) is 74.2 cm³/mol. The summed E-state index contributed by atoms with van der Waals surface area (Å²) in [5.74, 6) is 0.783. The number of imidazole rings is 1. The van der Waals surface area contributed by atoms with Gasteiger partial charge in [-0.05, 0) is 18.2 Å². The van der Waals surface area contributed by atoms with E-state index in [9.17, 15) is 0 Å². The fourth-order valence-corrected chi connectivity index (χ4v) is 2.16.